The van der Waals surface area contributed by atoms with E-state index in [1.165, 1.54) is 12.8 Å². The molecule has 3 N–H and O–H groups in total. The third kappa shape index (κ3) is 3.51. The van der Waals surface area contributed by atoms with Crippen molar-refractivity contribution in [3.8, 4) is 11.1 Å². The molecule has 0 fully saturated rings. The molecule has 2 aromatic heterocycles. The lowest BCUT2D eigenvalue weighted by atomic mass is 10.0. The molecule has 4 heteroatoms. The van der Waals surface area contributed by atoms with Crippen molar-refractivity contribution in [3.05, 3.63) is 42.4 Å². The summed E-state index contributed by atoms with van der Waals surface area (Å²) in [5.41, 5.74) is 6.02. The SMILES string of the molecule is CCCCCc1nc(NN)ccc1-c1ccncc1. The Kier molecular flexibility index (Phi) is 4.86. The highest BCUT2D eigenvalue weighted by Gasteiger charge is 2.07. The number of nitrogen functional groups attached to an aromatic ring is 1. The topological polar surface area (TPSA) is 63.8 Å². The molecule has 0 spiro atoms. The first-order valence-corrected chi connectivity index (χ1v) is 6.72. The zero-order valence-corrected chi connectivity index (χ0v) is 11.3. The van der Waals surface area contributed by atoms with Crippen molar-refractivity contribution in [1.29, 1.82) is 0 Å². The summed E-state index contributed by atoms with van der Waals surface area (Å²) in [6.07, 6.45) is 8.16. The third-order valence-corrected chi connectivity index (χ3v) is 3.13. The van der Waals surface area contributed by atoms with Crippen molar-refractivity contribution in [2.75, 3.05) is 5.43 Å². The first-order chi connectivity index (χ1) is 9.35. The quantitative estimate of drug-likeness (QED) is 0.473. The van der Waals surface area contributed by atoms with Crippen molar-refractivity contribution < 1.29 is 0 Å². The number of nitrogens with two attached hydrogens (primary N) is 1. The van der Waals surface area contributed by atoms with Crippen molar-refractivity contribution in [2.24, 2.45) is 5.84 Å². The summed E-state index contributed by atoms with van der Waals surface area (Å²) < 4.78 is 0. The van der Waals surface area contributed by atoms with Crippen LogP contribution >= 0.6 is 0 Å². The molecule has 0 aliphatic rings. The van der Waals surface area contributed by atoms with E-state index in [2.05, 4.69) is 28.4 Å². The van der Waals surface area contributed by atoms with E-state index in [0.29, 0.717) is 5.82 Å². The van der Waals surface area contributed by atoms with Gasteiger partial charge in [0, 0.05) is 18.0 Å². The van der Waals surface area contributed by atoms with Gasteiger partial charge in [-0.1, -0.05) is 19.8 Å². The molecule has 0 aliphatic carbocycles. The van der Waals surface area contributed by atoms with Crippen LogP contribution in [0.3, 0.4) is 0 Å². The minimum Gasteiger partial charge on any atom is -0.308 e. The Labute approximate surface area is 114 Å². The number of aryl methyl sites for hydroxylation is 1. The summed E-state index contributed by atoms with van der Waals surface area (Å²) in [5.74, 6) is 6.15. The van der Waals surface area contributed by atoms with E-state index >= 15 is 0 Å². The van der Waals surface area contributed by atoms with Crippen LogP contribution in [0.4, 0.5) is 5.82 Å². The first kappa shape index (κ1) is 13.5. The molecule has 0 saturated carbocycles. The Balaban J connectivity index is 2.31. The molecule has 0 aromatic carbocycles. The summed E-state index contributed by atoms with van der Waals surface area (Å²) >= 11 is 0. The van der Waals surface area contributed by atoms with Crippen LogP contribution in [0.1, 0.15) is 31.9 Å². The molecule has 2 heterocycles. The lowest BCUT2D eigenvalue weighted by Gasteiger charge is -2.10. The number of hydrogen-bond acceptors (Lipinski definition) is 4. The molecular weight excluding hydrogens is 236 g/mol. The summed E-state index contributed by atoms with van der Waals surface area (Å²) in [5, 5.41) is 0. The maximum absolute atomic E-state index is 5.44. The van der Waals surface area contributed by atoms with Crippen molar-refractivity contribution in [3.63, 3.8) is 0 Å². The zero-order chi connectivity index (χ0) is 13.5. The number of nitrogens with one attached hydrogen (secondary N) is 1. The molecule has 2 rings (SSSR count). The molecule has 0 saturated heterocycles. The van der Waals surface area contributed by atoms with Crippen LogP contribution in [-0.4, -0.2) is 9.97 Å². The minimum absolute atomic E-state index is 0.712. The summed E-state index contributed by atoms with van der Waals surface area (Å²) in [4.78, 5) is 8.64. The van der Waals surface area contributed by atoms with Gasteiger partial charge in [0.1, 0.15) is 5.82 Å². The number of pyridine rings is 2. The third-order valence-electron chi connectivity index (χ3n) is 3.13. The van der Waals surface area contributed by atoms with Gasteiger partial charge in [0.05, 0.1) is 5.69 Å². The van der Waals surface area contributed by atoms with Gasteiger partial charge in [0.15, 0.2) is 0 Å². The van der Waals surface area contributed by atoms with Gasteiger partial charge in [0.2, 0.25) is 0 Å². The van der Waals surface area contributed by atoms with E-state index in [9.17, 15) is 0 Å². The summed E-state index contributed by atoms with van der Waals surface area (Å²) in [7, 11) is 0. The van der Waals surface area contributed by atoms with E-state index in [-0.39, 0.29) is 0 Å². The number of anilines is 1. The predicted octanol–water partition coefficient (Wildman–Crippen LogP) is 3.16. The molecule has 100 valence electrons. The normalized spacial score (nSPS) is 10.4. The minimum atomic E-state index is 0.712. The van der Waals surface area contributed by atoms with Gasteiger partial charge in [-0.3, -0.25) is 4.98 Å². The Morgan fingerprint density at radius 3 is 2.58 bits per heavy atom. The molecule has 0 bridgehead atoms. The van der Waals surface area contributed by atoms with E-state index in [4.69, 9.17) is 5.84 Å². The molecule has 2 aromatic rings. The fraction of sp³-hybridized carbons (Fsp3) is 0.333. The zero-order valence-electron chi connectivity index (χ0n) is 11.3. The fourth-order valence-corrected chi connectivity index (χ4v) is 2.11. The van der Waals surface area contributed by atoms with Gasteiger partial charge < -0.3 is 5.43 Å². The maximum atomic E-state index is 5.44. The molecule has 4 nitrogen and oxygen atoms in total. The summed E-state index contributed by atoms with van der Waals surface area (Å²) in [6, 6.07) is 7.99. The van der Waals surface area contributed by atoms with Gasteiger partial charge in [0.25, 0.3) is 0 Å². The van der Waals surface area contributed by atoms with E-state index in [1.807, 2.05) is 18.2 Å². The maximum Gasteiger partial charge on any atom is 0.140 e. The smallest absolute Gasteiger partial charge is 0.140 e. The average Bonchev–Trinajstić information content (AvgIpc) is 2.48. The monoisotopic (exact) mass is 256 g/mol. The number of nitrogens with zero attached hydrogens (tertiary/aromatic N) is 2. The fourth-order valence-electron chi connectivity index (χ4n) is 2.11. The van der Waals surface area contributed by atoms with Gasteiger partial charge >= 0.3 is 0 Å². The number of hydrogen-bond donors (Lipinski definition) is 2. The Morgan fingerprint density at radius 1 is 1.11 bits per heavy atom. The van der Waals surface area contributed by atoms with Gasteiger partial charge in [-0.05, 0) is 42.7 Å². The Morgan fingerprint density at radius 2 is 1.89 bits per heavy atom. The molecule has 0 atom stereocenters. The van der Waals surface area contributed by atoms with Crippen LogP contribution in [-0.2, 0) is 6.42 Å². The lowest BCUT2D eigenvalue weighted by molar-refractivity contribution is 0.708. The van der Waals surface area contributed by atoms with E-state index in [0.717, 1.165) is 29.7 Å². The second-order valence-electron chi connectivity index (χ2n) is 4.53. The largest absolute Gasteiger partial charge is 0.308 e. The van der Waals surface area contributed by atoms with Gasteiger partial charge in [-0.15, -0.1) is 0 Å². The second-order valence-corrected chi connectivity index (χ2v) is 4.53. The number of rotatable bonds is 6. The Hall–Kier alpha value is -1.94. The number of hydrazine groups is 1. The first-order valence-electron chi connectivity index (χ1n) is 6.72. The summed E-state index contributed by atoms with van der Waals surface area (Å²) in [6.45, 7) is 2.20. The average molecular weight is 256 g/mol. The van der Waals surface area contributed by atoms with Crippen LogP contribution in [0.25, 0.3) is 11.1 Å². The molecular formula is C15H20N4. The van der Waals surface area contributed by atoms with Crippen LogP contribution in [0.5, 0.6) is 0 Å². The standard InChI is InChI=1S/C15H20N4/c1-2-3-4-5-14-13(6-7-15(18-14)19-16)12-8-10-17-11-9-12/h6-11H,2-5,16H2,1H3,(H,18,19). The highest BCUT2D eigenvalue weighted by molar-refractivity contribution is 5.66. The van der Waals surface area contributed by atoms with E-state index < -0.39 is 0 Å². The highest BCUT2D eigenvalue weighted by atomic mass is 15.2. The highest BCUT2D eigenvalue weighted by Crippen LogP contribution is 2.24. The second kappa shape index (κ2) is 6.85. The molecule has 0 amide bonds. The van der Waals surface area contributed by atoms with Crippen molar-refractivity contribution in [2.45, 2.75) is 32.6 Å². The van der Waals surface area contributed by atoms with Crippen LogP contribution in [0.2, 0.25) is 0 Å². The number of aromatic nitrogens is 2. The number of unbranched alkanes of at least 4 members (excludes halogenated alkanes) is 2. The van der Waals surface area contributed by atoms with E-state index in [1.54, 1.807) is 12.4 Å². The van der Waals surface area contributed by atoms with Crippen LogP contribution in [0.15, 0.2) is 36.7 Å². The molecule has 0 unspecified atom stereocenters. The van der Waals surface area contributed by atoms with Crippen LogP contribution in [0, 0.1) is 0 Å². The Bertz CT molecular complexity index is 511. The molecule has 0 radical (unpaired) electrons. The van der Waals surface area contributed by atoms with Crippen molar-refractivity contribution >= 4 is 5.82 Å². The van der Waals surface area contributed by atoms with Crippen molar-refractivity contribution in [1.82, 2.24) is 9.97 Å². The predicted molar refractivity (Wildman–Crippen MR) is 78.5 cm³/mol. The molecule has 19 heavy (non-hydrogen) atoms. The van der Waals surface area contributed by atoms with Gasteiger partial charge in [-0.2, -0.15) is 0 Å². The van der Waals surface area contributed by atoms with Gasteiger partial charge in [-0.25, -0.2) is 10.8 Å². The molecule has 0 aliphatic heterocycles. The lowest BCUT2D eigenvalue weighted by Crippen LogP contribution is -2.10. The van der Waals surface area contributed by atoms with Crippen LogP contribution < -0.4 is 11.3 Å².